The molecule has 4 heteroatoms. The Labute approximate surface area is 189 Å². The van der Waals surface area contributed by atoms with Gasteiger partial charge in [-0.2, -0.15) is 0 Å². The molecule has 1 saturated carbocycles. The number of fused-ring (bicyclic) bond motifs is 2. The number of aryl methyl sites for hydroxylation is 1. The van der Waals surface area contributed by atoms with E-state index in [4.69, 9.17) is 9.47 Å². The number of ether oxygens (including phenoxy) is 2. The summed E-state index contributed by atoms with van der Waals surface area (Å²) in [4.78, 5) is 14.4. The highest BCUT2D eigenvalue weighted by molar-refractivity contribution is 5.70. The van der Waals surface area contributed by atoms with Crippen molar-refractivity contribution >= 4 is 6.09 Å². The zero-order valence-electron chi connectivity index (χ0n) is 18.7. The van der Waals surface area contributed by atoms with Crippen molar-refractivity contribution in [1.82, 2.24) is 4.90 Å². The zero-order valence-corrected chi connectivity index (χ0v) is 18.7. The van der Waals surface area contributed by atoms with Crippen LogP contribution in [0.5, 0.6) is 5.75 Å². The van der Waals surface area contributed by atoms with Gasteiger partial charge in [-0.15, -0.1) is 0 Å². The molecule has 1 spiro atoms. The number of hydrogen-bond donors (Lipinski definition) is 0. The second kappa shape index (κ2) is 8.44. The minimum absolute atomic E-state index is 0.0373. The SMILES string of the molecule is Cc1ccccc1[C@H]1OC2(CCC(N(C)C(=O)Oc3ccccc3)CC2)c2ccccc21. The van der Waals surface area contributed by atoms with Gasteiger partial charge in [0.2, 0.25) is 0 Å². The first kappa shape index (κ1) is 20.8. The summed E-state index contributed by atoms with van der Waals surface area (Å²) in [6.45, 7) is 2.15. The van der Waals surface area contributed by atoms with E-state index >= 15 is 0 Å². The number of para-hydroxylation sites is 1. The lowest BCUT2D eigenvalue weighted by molar-refractivity contribution is -0.0930. The first-order chi connectivity index (χ1) is 15.6. The van der Waals surface area contributed by atoms with Crippen LogP contribution in [0.3, 0.4) is 0 Å². The zero-order chi connectivity index (χ0) is 22.1. The van der Waals surface area contributed by atoms with Gasteiger partial charge in [-0.1, -0.05) is 66.7 Å². The van der Waals surface area contributed by atoms with Crippen LogP contribution in [0.15, 0.2) is 78.9 Å². The molecule has 0 radical (unpaired) electrons. The molecule has 1 aliphatic heterocycles. The molecule has 3 aromatic rings. The van der Waals surface area contributed by atoms with Gasteiger partial charge >= 0.3 is 6.09 Å². The second-order valence-corrected chi connectivity index (χ2v) is 8.96. The fourth-order valence-electron chi connectivity index (χ4n) is 5.26. The van der Waals surface area contributed by atoms with Crippen molar-refractivity contribution < 1.29 is 14.3 Å². The molecule has 3 aromatic carbocycles. The third-order valence-corrected chi connectivity index (χ3v) is 7.10. The van der Waals surface area contributed by atoms with Crippen molar-refractivity contribution in [3.05, 3.63) is 101 Å². The number of benzene rings is 3. The van der Waals surface area contributed by atoms with Gasteiger partial charge in [0.25, 0.3) is 0 Å². The molecule has 164 valence electrons. The van der Waals surface area contributed by atoms with Gasteiger partial charge in [0.1, 0.15) is 11.9 Å². The highest BCUT2D eigenvalue weighted by atomic mass is 16.6. The van der Waals surface area contributed by atoms with Crippen molar-refractivity contribution in [2.45, 2.75) is 50.4 Å². The molecule has 1 atom stereocenters. The molecule has 2 aliphatic rings. The van der Waals surface area contributed by atoms with Crippen molar-refractivity contribution in [3.8, 4) is 5.75 Å². The molecule has 0 bridgehead atoms. The average Bonchev–Trinajstić information content (AvgIpc) is 3.14. The summed E-state index contributed by atoms with van der Waals surface area (Å²) in [5.74, 6) is 0.575. The molecule has 32 heavy (non-hydrogen) atoms. The number of hydrogen-bond acceptors (Lipinski definition) is 3. The van der Waals surface area contributed by atoms with E-state index in [2.05, 4.69) is 55.5 Å². The van der Waals surface area contributed by atoms with Crippen LogP contribution in [-0.4, -0.2) is 24.1 Å². The number of amides is 1. The summed E-state index contributed by atoms with van der Waals surface area (Å²) in [6, 6.07) is 26.5. The van der Waals surface area contributed by atoms with Crippen LogP contribution < -0.4 is 4.74 Å². The van der Waals surface area contributed by atoms with E-state index in [0.717, 1.165) is 25.7 Å². The molecular formula is C28H29NO3. The number of nitrogens with zero attached hydrogens (tertiary/aromatic N) is 1. The molecule has 1 amide bonds. The molecule has 1 heterocycles. The van der Waals surface area contributed by atoms with Crippen LogP contribution >= 0.6 is 0 Å². The van der Waals surface area contributed by atoms with E-state index in [1.807, 2.05) is 25.2 Å². The smallest absolute Gasteiger partial charge is 0.410 e. The van der Waals surface area contributed by atoms with Crippen molar-refractivity contribution in [2.75, 3.05) is 7.05 Å². The highest BCUT2D eigenvalue weighted by Gasteiger charge is 2.48. The Morgan fingerprint density at radius 3 is 2.25 bits per heavy atom. The van der Waals surface area contributed by atoms with Crippen molar-refractivity contribution in [1.29, 1.82) is 0 Å². The standard InChI is InChI=1S/C28H29NO3/c1-20-10-6-7-13-23(20)26-24-14-8-9-15-25(24)28(32-26)18-16-21(17-19-28)29(2)27(30)31-22-11-4-3-5-12-22/h3-15,21,26H,16-19H2,1-2H3/t21?,26-,28?/m1/s1. The van der Waals surface area contributed by atoms with Crippen LogP contribution in [0.2, 0.25) is 0 Å². The molecule has 0 aromatic heterocycles. The predicted molar refractivity (Wildman–Crippen MR) is 125 cm³/mol. The van der Waals surface area contributed by atoms with E-state index in [1.165, 1.54) is 22.3 Å². The first-order valence-electron chi connectivity index (χ1n) is 11.4. The van der Waals surface area contributed by atoms with Crippen molar-refractivity contribution in [3.63, 3.8) is 0 Å². The number of carbonyl (C=O) groups excluding carboxylic acids is 1. The number of carbonyl (C=O) groups is 1. The van der Waals surface area contributed by atoms with E-state index < -0.39 is 0 Å². The highest BCUT2D eigenvalue weighted by Crippen LogP contribution is 2.53. The number of rotatable bonds is 3. The quantitative estimate of drug-likeness (QED) is 0.487. The average molecular weight is 428 g/mol. The fourth-order valence-corrected chi connectivity index (χ4v) is 5.26. The summed E-state index contributed by atoms with van der Waals surface area (Å²) < 4.78 is 12.4. The van der Waals surface area contributed by atoms with E-state index in [-0.39, 0.29) is 23.8 Å². The Balaban J connectivity index is 1.32. The van der Waals surface area contributed by atoms with E-state index in [0.29, 0.717) is 5.75 Å². The lowest BCUT2D eigenvalue weighted by Crippen LogP contribution is -2.44. The third-order valence-electron chi connectivity index (χ3n) is 7.10. The predicted octanol–water partition coefficient (Wildman–Crippen LogP) is 6.38. The fraction of sp³-hybridized carbons (Fsp3) is 0.321. The molecule has 1 aliphatic carbocycles. The molecule has 1 fully saturated rings. The lowest BCUT2D eigenvalue weighted by atomic mass is 9.77. The van der Waals surface area contributed by atoms with Gasteiger partial charge in [-0.25, -0.2) is 4.79 Å². The summed E-state index contributed by atoms with van der Waals surface area (Å²) in [6.07, 6.45) is 3.21. The molecule has 4 nitrogen and oxygen atoms in total. The molecule has 0 saturated heterocycles. The van der Waals surface area contributed by atoms with Crippen LogP contribution in [0.4, 0.5) is 4.79 Å². The molecule has 0 unspecified atom stereocenters. The van der Waals surface area contributed by atoms with Crippen LogP contribution in [0.25, 0.3) is 0 Å². The Morgan fingerprint density at radius 2 is 1.53 bits per heavy atom. The molecular weight excluding hydrogens is 398 g/mol. The minimum Gasteiger partial charge on any atom is -0.410 e. The first-order valence-corrected chi connectivity index (χ1v) is 11.4. The second-order valence-electron chi connectivity index (χ2n) is 8.96. The maximum atomic E-state index is 12.7. The van der Waals surface area contributed by atoms with Gasteiger partial charge in [-0.05, 0) is 67.0 Å². The van der Waals surface area contributed by atoms with Crippen LogP contribution in [0.1, 0.15) is 54.0 Å². The minimum atomic E-state index is -0.303. The Hall–Kier alpha value is -3.11. The maximum Gasteiger partial charge on any atom is 0.415 e. The maximum absolute atomic E-state index is 12.7. The Bertz CT molecular complexity index is 1100. The van der Waals surface area contributed by atoms with Crippen molar-refractivity contribution in [2.24, 2.45) is 0 Å². The summed E-state index contributed by atoms with van der Waals surface area (Å²) in [7, 11) is 1.84. The third kappa shape index (κ3) is 3.69. The van der Waals surface area contributed by atoms with E-state index in [9.17, 15) is 4.79 Å². The monoisotopic (exact) mass is 427 g/mol. The van der Waals surface area contributed by atoms with Crippen LogP contribution in [0, 0.1) is 6.92 Å². The van der Waals surface area contributed by atoms with Gasteiger partial charge in [0.05, 0.1) is 5.60 Å². The normalized spacial score (nSPS) is 24.2. The lowest BCUT2D eigenvalue weighted by Gasteiger charge is -2.40. The van der Waals surface area contributed by atoms with Crippen LogP contribution in [-0.2, 0) is 10.3 Å². The Morgan fingerprint density at radius 1 is 0.906 bits per heavy atom. The summed E-state index contributed by atoms with van der Waals surface area (Å²) in [5, 5.41) is 0. The van der Waals surface area contributed by atoms with Gasteiger partial charge in [-0.3, -0.25) is 0 Å². The summed E-state index contributed by atoms with van der Waals surface area (Å²) >= 11 is 0. The summed E-state index contributed by atoms with van der Waals surface area (Å²) in [5.41, 5.74) is 4.78. The molecule has 5 rings (SSSR count). The largest absolute Gasteiger partial charge is 0.415 e. The molecule has 0 N–H and O–H groups in total. The van der Waals surface area contributed by atoms with E-state index in [1.54, 1.807) is 17.0 Å². The van der Waals surface area contributed by atoms with Gasteiger partial charge in [0.15, 0.2) is 0 Å². The van der Waals surface area contributed by atoms with Gasteiger partial charge in [0, 0.05) is 13.1 Å². The topological polar surface area (TPSA) is 38.8 Å². The van der Waals surface area contributed by atoms with Gasteiger partial charge < -0.3 is 14.4 Å². The Kier molecular flexibility index (Phi) is 5.48.